The van der Waals surface area contributed by atoms with Gasteiger partial charge in [-0.2, -0.15) is 4.98 Å². The minimum absolute atomic E-state index is 0.0983. The van der Waals surface area contributed by atoms with Crippen molar-refractivity contribution in [1.82, 2.24) is 25.7 Å². The second kappa shape index (κ2) is 7.89. The highest BCUT2D eigenvalue weighted by Gasteiger charge is 2.50. The third kappa shape index (κ3) is 3.74. The van der Waals surface area contributed by atoms with Gasteiger partial charge in [-0.1, -0.05) is 30.8 Å². The first-order valence-corrected chi connectivity index (χ1v) is 10.3. The molecular weight excluding hydrogens is 362 g/mol. The normalized spacial score (nSPS) is 21.6. The van der Waals surface area contributed by atoms with Gasteiger partial charge in [-0.05, 0) is 25.7 Å². The summed E-state index contributed by atoms with van der Waals surface area (Å²) in [6.07, 6.45) is 8.37. The molecule has 1 spiro atoms. The van der Waals surface area contributed by atoms with Gasteiger partial charge in [-0.25, -0.2) is 4.79 Å². The maximum atomic E-state index is 12.7. The molecule has 0 radical (unpaired) electrons. The van der Waals surface area contributed by atoms with E-state index in [0.29, 0.717) is 43.9 Å². The molecule has 0 atom stereocenters. The third-order valence-electron chi connectivity index (χ3n) is 6.14. The maximum absolute atomic E-state index is 12.7. The van der Waals surface area contributed by atoms with Crippen LogP contribution in [-0.4, -0.2) is 51.5 Å². The van der Waals surface area contributed by atoms with Crippen LogP contribution in [0.15, 0.2) is 4.52 Å². The van der Waals surface area contributed by atoms with Gasteiger partial charge in [-0.15, -0.1) is 0 Å². The highest BCUT2D eigenvalue weighted by atomic mass is 16.5. The highest BCUT2D eigenvalue weighted by molar-refractivity contribution is 6.07. The molecule has 1 aromatic heterocycles. The van der Waals surface area contributed by atoms with Crippen molar-refractivity contribution in [3.63, 3.8) is 0 Å². The van der Waals surface area contributed by atoms with E-state index in [1.165, 1.54) is 4.90 Å². The number of amides is 4. The lowest BCUT2D eigenvalue weighted by Gasteiger charge is -2.30. The van der Waals surface area contributed by atoms with E-state index in [2.05, 4.69) is 20.8 Å². The van der Waals surface area contributed by atoms with Gasteiger partial charge in [0.2, 0.25) is 11.8 Å². The van der Waals surface area contributed by atoms with Gasteiger partial charge in [-0.3, -0.25) is 14.5 Å². The van der Waals surface area contributed by atoms with E-state index in [1.807, 2.05) is 0 Å². The topological polar surface area (TPSA) is 117 Å². The van der Waals surface area contributed by atoms with Gasteiger partial charge in [0, 0.05) is 31.8 Å². The first-order valence-electron chi connectivity index (χ1n) is 10.3. The molecule has 4 amide bonds. The van der Waals surface area contributed by atoms with Crippen molar-refractivity contribution < 1.29 is 18.9 Å². The Hall–Kier alpha value is -2.45. The van der Waals surface area contributed by atoms with Gasteiger partial charge < -0.3 is 15.2 Å². The molecule has 2 aliphatic carbocycles. The van der Waals surface area contributed by atoms with Gasteiger partial charge >= 0.3 is 6.03 Å². The summed E-state index contributed by atoms with van der Waals surface area (Å²) in [6.45, 7) is 0.705. The summed E-state index contributed by atoms with van der Waals surface area (Å²) in [5.74, 6) is 1.05. The summed E-state index contributed by atoms with van der Waals surface area (Å²) in [6, 6.07) is -0.325. The Kier molecular flexibility index (Phi) is 5.32. The molecule has 0 unspecified atom stereocenters. The molecule has 1 aromatic rings. The Bertz CT molecular complexity index is 751. The van der Waals surface area contributed by atoms with Gasteiger partial charge in [0.1, 0.15) is 5.54 Å². The first-order chi connectivity index (χ1) is 13.6. The molecule has 0 bridgehead atoms. The molecule has 9 heteroatoms. The van der Waals surface area contributed by atoms with E-state index in [9.17, 15) is 14.4 Å². The number of urea groups is 1. The van der Waals surface area contributed by atoms with Gasteiger partial charge in [0.25, 0.3) is 5.91 Å². The molecule has 2 heterocycles. The van der Waals surface area contributed by atoms with Gasteiger partial charge in [0.15, 0.2) is 5.82 Å². The molecule has 152 valence electrons. The van der Waals surface area contributed by atoms with Crippen molar-refractivity contribution in [1.29, 1.82) is 0 Å². The quantitative estimate of drug-likeness (QED) is 0.679. The smallest absolute Gasteiger partial charge is 0.325 e. The minimum Gasteiger partial charge on any atom is -0.355 e. The molecule has 1 aliphatic heterocycles. The summed E-state index contributed by atoms with van der Waals surface area (Å²) in [4.78, 5) is 42.4. The second-order valence-corrected chi connectivity index (χ2v) is 8.05. The number of rotatable bonds is 7. The average Bonchev–Trinajstić information content (AvgIpc) is 3.16. The number of hydrogen-bond acceptors (Lipinski definition) is 6. The van der Waals surface area contributed by atoms with Crippen molar-refractivity contribution >= 4 is 17.8 Å². The Morgan fingerprint density at radius 2 is 1.96 bits per heavy atom. The zero-order chi connectivity index (χ0) is 19.6. The molecular formula is C19H27N5O4. The second-order valence-electron chi connectivity index (χ2n) is 8.05. The minimum atomic E-state index is -0.698. The van der Waals surface area contributed by atoms with Crippen LogP contribution in [0.1, 0.15) is 63.1 Å². The Labute approximate surface area is 163 Å². The SMILES string of the molecule is O=C(NCCc1nc(CCN2C(=O)NC3(CCCCC3)C2=O)no1)C1CCC1. The summed E-state index contributed by atoms with van der Waals surface area (Å²) in [5, 5.41) is 9.71. The molecule has 1 saturated heterocycles. The van der Waals surface area contributed by atoms with Crippen molar-refractivity contribution in [2.24, 2.45) is 5.92 Å². The van der Waals surface area contributed by atoms with E-state index in [4.69, 9.17) is 4.52 Å². The van der Waals surface area contributed by atoms with E-state index in [-0.39, 0.29) is 30.3 Å². The fourth-order valence-electron chi connectivity index (χ4n) is 4.19. The number of hydrogen-bond donors (Lipinski definition) is 2. The van der Waals surface area contributed by atoms with Crippen LogP contribution in [-0.2, 0) is 22.4 Å². The molecule has 28 heavy (non-hydrogen) atoms. The molecule has 4 rings (SSSR count). The third-order valence-corrected chi connectivity index (χ3v) is 6.14. The number of carbonyl (C=O) groups is 3. The van der Waals surface area contributed by atoms with Crippen molar-refractivity contribution in [2.75, 3.05) is 13.1 Å². The molecule has 3 aliphatic rings. The molecule has 9 nitrogen and oxygen atoms in total. The van der Waals surface area contributed by atoms with E-state index >= 15 is 0 Å². The Morgan fingerprint density at radius 1 is 1.18 bits per heavy atom. The van der Waals surface area contributed by atoms with Crippen molar-refractivity contribution in [3.05, 3.63) is 11.7 Å². The molecule has 0 aromatic carbocycles. The van der Waals surface area contributed by atoms with Crippen LogP contribution in [0.4, 0.5) is 4.79 Å². The fraction of sp³-hybridized carbons (Fsp3) is 0.737. The predicted molar refractivity (Wildman–Crippen MR) is 98.1 cm³/mol. The van der Waals surface area contributed by atoms with Crippen LogP contribution in [0, 0.1) is 5.92 Å². The van der Waals surface area contributed by atoms with Crippen LogP contribution >= 0.6 is 0 Å². The highest BCUT2D eigenvalue weighted by Crippen LogP contribution is 2.33. The Morgan fingerprint density at radius 3 is 2.68 bits per heavy atom. The lowest BCUT2D eigenvalue weighted by Crippen LogP contribution is -2.48. The zero-order valence-electron chi connectivity index (χ0n) is 16.0. The summed E-state index contributed by atoms with van der Waals surface area (Å²) < 4.78 is 5.21. The molecule has 2 N–H and O–H groups in total. The van der Waals surface area contributed by atoms with E-state index in [0.717, 1.165) is 38.5 Å². The van der Waals surface area contributed by atoms with Crippen LogP contribution in [0.25, 0.3) is 0 Å². The number of imide groups is 1. The van der Waals surface area contributed by atoms with Crippen LogP contribution < -0.4 is 10.6 Å². The van der Waals surface area contributed by atoms with Crippen LogP contribution in [0.2, 0.25) is 0 Å². The lowest BCUT2D eigenvalue weighted by molar-refractivity contribution is -0.132. The van der Waals surface area contributed by atoms with Gasteiger partial charge in [0.05, 0.1) is 0 Å². The fourth-order valence-corrected chi connectivity index (χ4v) is 4.19. The predicted octanol–water partition coefficient (Wildman–Crippen LogP) is 1.33. The number of carbonyl (C=O) groups excluding carboxylic acids is 3. The molecule has 2 saturated carbocycles. The van der Waals surface area contributed by atoms with Crippen LogP contribution in [0.5, 0.6) is 0 Å². The zero-order valence-corrected chi connectivity index (χ0v) is 16.0. The number of nitrogens with one attached hydrogen (secondary N) is 2. The summed E-state index contributed by atoms with van der Waals surface area (Å²) >= 11 is 0. The standard InChI is InChI=1S/C19H27N5O4/c25-16(13-5-4-6-13)20-11-7-15-21-14(23-28-15)8-12-24-17(26)19(22-18(24)27)9-2-1-3-10-19/h13H,1-12H2,(H,20,25)(H,22,27). The monoisotopic (exact) mass is 389 g/mol. The summed E-state index contributed by atoms with van der Waals surface area (Å²) in [7, 11) is 0. The molecule has 3 fully saturated rings. The number of nitrogens with zero attached hydrogens (tertiary/aromatic N) is 3. The number of aromatic nitrogens is 2. The Balaban J connectivity index is 1.24. The maximum Gasteiger partial charge on any atom is 0.325 e. The van der Waals surface area contributed by atoms with Crippen LogP contribution in [0.3, 0.4) is 0 Å². The lowest BCUT2D eigenvalue weighted by atomic mass is 9.82. The first kappa shape index (κ1) is 18.9. The summed E-state index contributed by atoms with van der Waals surface area (Å²) in [5.41, 5.74) is -0.698. The largest absolute Gasteiger partial charge is 0.355 e. The van der Waals surface area contributed by atoms with Crippen molar-refractivity contribution in [3.8, 4) is 0 Å². The average molecular weight is 389 g/mol. The van der Waals surface area contributed by atoms with E-state index < -0.39 is 5.54 Å². The van der Waals surface area contributed by atoms with E-state index in [1.54, 1.807) is 0 Å². The van der Waals surface area contributed by atoms with Crippen molar-refractivity contribution in [2.45, 2.75) is 69.7 Å².